The molecule has 3 heterocycles. The van der Waals surface area contributed by atoms with Crippen molar-refractivity contribution in [2.24, 2.45) is 0 Å². The third kappa shape index (κ3) is 15.8. The summed E-state index contributed by atoms with van der Waals surface area (Å²) in [5.41, 5.74) is 0. The van der Waals surface area contributed by atoms with Gasteiger partial charge in [-0.1, -0.05) is 95.1 Å². The number of ether oxygens (including phenoxy) is 6. The molecule has 0 aliphatic carbocycles. The molecule has 3 fully saturated rings. The van der Waals surface area contributed by atoms with E-state index >= 15 is 0 Å². The van der Waals surface area contributed by atoms with Crippen LogP contribution in [0.15, 0.2) is 91.0 Å². The lowest BCUT2D eigenvalue weighted by molar-refractivity contribution is 0.179. The van der Waals surface area contributed by atoms with E-state index in [1.165, 1.54) is 12.8 Å². The summed E-state index contributed by atoms with van der Waals surface area (Å²) in [6.45, 7) is 10.7. The maximum atomic E-state index is 5.30. The first kappa shape index (κ1) is 29.2. The Morgan fingerprint density at radius 1 is 0.472 bits per heavy atom. The summed E-state index contributed by atoms with van der Waals surface area (Å²) in [6, 6.07) is 29.0. The van der Waals surface area contributed by atoms with E-state index in [4.69, 9.17) is 28.4 Å². The van der Waals surface area contributed by atoms with Gasteiger partial charge in [0, 0.05) is 0 Å². The molecule has 0 spiro atoms. The monoisotopic (exact) mass is 496 g/mol. The normalized spacial score (nSPS) is 19.5. The van der Waals surface area contributed by atoms with Gasteiger partial charge in [0.25, 0.3) is 0 Å². The lowest BCUT2D eigenvalue weighted by atomic mass is 10.3. The molecule has 196 valence electrons. The second kappa shape index (κ2) is 18.2. The van der Waals surface area contributed by atoms with E-state index in [2.05, 4.69) is 27.7 Å². The molecule has 3 aliphatic rings. The predicted molar refractivity (Wildman–Crippen MR) is 142 cm³/mol. The van der Waals surface area contributed by atoms with Crippen molar-refractivity contribution >= 4 is 0 Å². The average Bonchev–Trinajstić information content (AvgIpc) is 3.73. The summed E-state index contributed by atoms with van der Waals surface area (Å²) < 4.78 is 30.6. The molecule has 3 saturated heterocycles. The Morgan fingerprint density at radius 3 is 0.833 bits per heavy atom. The summed E-state index contributed by atoms with van der Waals surface area (Å²) in [5, 5.41) is 0. The maximum Gasteiger partial charge on any atom is 0.223 e. The van der Waals surface area contributed by atoms with Crippen LogP contribution in [0.3, 0.4) is 0 Å². The molecule has 3 aromatic carbocycles. The number of hydrogen-bond acceptors (Lipinski definition) is 6. The molecular weight excluding hydrogens is 456 g/mol. The van der Waals surface area contributed by atoms with Crippen LogP contribution in [0.4, 0.5) is 0 Å². The Labute approximate surface area is 216 Å². The fourth-order valence-electron chi connectivity index (χ4n) is 2.27. The number of para-hydroxylation sites is 3. The summed E-state index contributed by atoms with van der Waals surface area (Å²) >= 11 is 0. The molecule has 0 radical (unpaired) electrons. The first-order chi connectivity index (χ1) is 17.7. The highest BCUT2D eigenvalue weighted by Gasteiger charge is 2.25. The molecule has 3 atom stereocenters. The highest BCUT2D eigenvalue weighted by molar-refractivity contribution is 5.22. The summed E-state index contributed by atoms with van der Waals surface area (Å²) in [6.07, 6.45) is 2.55. The van der Waals surface area contributed by atoms with Crippen molar-refractivity contribution < 1.29 is 28.4 Å². The van der Waals surface area contributed by atoms with Crippen molar-refractivity contribution in [1.82, 2.24) is 0 Å². The van der Waals surface area contributed by atoms with Gasteiger partial charge < -0.3 is 28.4 Å². The van der Waals surface area contributed by atoms with Crippen LogP contribution in [-0.4, -0.2) is 38.7 Å². The van der Waals surface area contributed by atoms with Gasteiger partial charge in [-0.05, 0) is 36.4 Å². The number of benzene rings is 3. The van der Waals surface area contributed by atoms with Crippen LogP contribution in [0.2, 0.25) is 0 Å². The average molecular weight is 497 g/mol. The van der Waals surface area contributed by atoms with Crippen LogP contribution in [-0.2, 0) is 14.2 Å². The van der Waals surface area contributed by atoms with Crippen molar-refractivity contribution in [3.05, 3.63) is 91.0 Å². The summed E-state index contributed by atoms with van der Waals surface area (Å²) in [4.78, 5) is 0. The SMILES string of the molecule is CCC.CCC.c1ccc(OC2CO2)cc1.c1ccc(OC2CO2)cc1.c1ccc(OC2CO2)cc1. The van der Waals surface area contributed by atoms with Crippen LogP contribution in [0.1, 0.15) is 40.5 Å². The molecule has 0 aromatic heterocycles. The van der Waals surface area contributed by atoms with Crippen molar-refractivity contribution in [2.45, 2.75) is 59.4 Å². The van der Waals surface area contributed by atoms with Crippen LogP contribution >= 0.6 is 0 Å². The fourth-order valence-corrected chi connectivity index (χ4v) is 2.27. The molecule has 0 bridgehead atoms. The predicted octanol–water partition coefficient (Wildman–Crippen LogP) is 7.10. The van der Waals surface area contributed by atoms with Gasteiger partial charge in [-0.3, -0.25) is 0 Å². The highest BCUT2D eigenvalue weighted by Crippen LogP contribution is 2.18. The summed E-state index contributed by atoms with van der Waals surface area (Å²) in [7, 11) is 0. The van der Waals surface area contributed by atoms with E-state index in [9.17, 15) is 0 Å². The van der Waals surface area contributed by atoms with E-state index in [-0.39, 0.29) is 18.9 Å². The zero-order chi connectivity index (χ0) is 25.8. The molecule has 6 rings (SSSR count). The Bertz CT molecular complexity index is 759. The topological polar surface area (TPSA) is 65.3 Å². The van der Waals surface area contributed by atoms with Crippen LogP contribution in [0.25, 0.3) is 0 Å². The largest absolute Gasteiger partial charge is 0.462 e. The second-order valence-electron chi connectivity index (χ2n) is 8.00. The molecule has 3 unspecified atom stereocenters. The quantitative estimate of drug-likeness (QED) is 0.339. The minimum Gasteiger partial charge on any atom is -0.462 e. The summed E-state index contributed by atoms with van der Waals surface area (Å²) in [5.74, 6) is 2.64. The highest BCUT2D eigenvalue weighted by atomic mass is 16.8. The van der Waals surface area contributed by atoms with Gasteiger partial charge in [-0.15, -0.1) is 0 Å². The molecule has 0 N–H and O–H groups in total. The van der Waals surface area contributed by atoms with E-state index in [0.29, 0.717) is 0 Å². The molecule has 6 nitrogen and oxygen atoms in total. The Morgan fingerprint density at radius 2 is 0.667 bits per heavy atom. The molecular formula is C30H40O6. The Kier molecular flexibility index (Phi) is 14.8. The van der Waals surface area contributed by atoms with Crippen LogP contribution in [0, 0.1) is 0 Å². The molecule has 3 aromatic rings. The van der Waals surface area contributed by atoms with E-state index in [0.717, 1.165) is 37.1 Å². The smallest absolute Gasteiger partial charge is 0.223 e. The molecule has 0 amide bonds. The first-order valence-electron chi connectivity index (χ1n) is 12.7. The minimum atomic E-state index is 0.0161. The number of epoxide rings is 3. The van der Waals surface area contributed by atoms with E-state index in [1.807, 2.05) is 91.0 Å². The van der Waals surface area contributed by atoms with Crippen LogP contribution < -0.4 is 14.2 Å². The van der Waals surface area contributed by atoms with Gasteiger partial charge in [0.05, 0.1) is 0 Å². The Balaban J connectivity index is 0.000000171. The van der Waals surface area contributed by atoms with Gasteiger partial charge in [0.2, 0.25) is 18.9 Å². The van der Waals surface area contributed by atoms with Gasteiger partial charge in [-0.2, -0.15) is 0 Å². The number of rotatable bonds is 6. The van der Waals surface area contributed by atoms with Gasteiger partial charge >= 0.3 is 0 Å². The second-order valence-corrected chi connectivity index (χ2v) is 8.00. The van der Waals surface area contributed by atoms with Gasteiger partial charge in [-0.25, -0.2) is 0 Å². The van der Waals surface area contributed by atoms with Crippen molar-refractivity contribution in [2.75, 3.05) is 19.8 Å². The van der Waals surface area contributed by atoms with Crippen molar-refractivity contribution in [3.8, 4) is 17.2 Å². The fraction of sp³-hybridized carbons (Fsp3) is 0.400. The zero-order valence-electron chi connectivity index (χ0n) is 21.9. The van der Waals surface area contributed by atoms with Gasteiger partial charge in [0.1, 0.15) is 37.1 Å². The van der Waals surface area contributed by atoms with Gasteiger partial charge in [0.15, 0.2) is 0 Å². The minimum absolute atomic E-state index is 0.0161. The number of hydrogen-bond donors (Lipinski definition) is 0. The first-order valence-corrected chi connectivity index (χ1v) is 12.7. The third-order valence-corrected chi connectivity index (χ3v) is 3.94. The lowest BCUT2D eigenvalue weighted by Crippen LogP contribution is -1.96. The Hall–Kier alpha value is -3.06. The van der Waals surface area contributed by atoms with E-state index < -0.39 is 0 Å². The lowest BCUT2D eigenvalue weighted by Gasteiger charge is -1.98. The molecule has 36 heavy (non-hydrogen) atoms. The third-order valence-electron chi connectivity index (χ3n) is 3.94. The standard InChI is InChI=1S/3C8H8O2.2C3H8/c3*1-2-4-7(5-3-1)10-8-6-9-8;2*1-3-2/h3*1-5,8H,6H2;2*3H2,1-2H3. The zero-order valence-corrected chi connectivity index (χ0v) is 21.9. The van der Waals surface area contributed by atoms with Crippen molar-refractivity contribution in [1.29, 1.82) is 0 Å². The molecule has 0 saturated carbocycles. The van der Waals surface area contributed by atoms with Crippen molar-refractivity contribution in [3.63, 3.8) is 0 Å². The maximum absolute atomic E-state index is 5.30. The molecule has 6 heteroatoms. The van der Waals surface area contributed by atoms with Crippen LogP contribution in [0.5, 0.6) is 17.2 Å². The van der Waals surface area contributed by atoms with E-state index in [1.54, 1.807) is 0 Å². The molecule has 3 aliphatic heterocycles.